The van der Waals surface area contributed by atoms with E-state index in [2.05, 4.69) is 10.6 Å². The fourth-order valence-electron chi connectivity index (χ4n) is 2.57. The number of rotatable bonds is 8. The van der Waals surface area contributed by atoms with Crippen LogP contribution < -0.4 is 29.6 Å². The summed E-state index contributed by atoms with van der Waals surface area (Å²) >= 11 is 0. The molecular weight excluding hydrogens is 364 g/mol. The maximum atomic E-state index is 12.0. The quantitative estimate of drug-likeness (QED) is 0.532. The van der Waals surface area contributed by atoms with Crippen molar-refractivity contribution in [2.24, 2.45) is 0 Å². The summed E-state index contributed by atoms with van der Waals surface area (Å²) in [5.41, 5.74) is 0.546. The van der Waals surface area contributed by atoms with Crippen LogP contribution in [0.5, 0.6) is 23.0 Å². The van der Waals surface area contributed by atoms with Crippen molar-refractivity contribution in [2.45, 2.75) is 6.42 Å². The van der Waals surface area contributed by atoms with Crippen LogP contribution >= 0.6 is 0 Å². The van der Waals surface area contributed by atoms with E-state index in [9.17, 15) is 9.59 Å². The molecule has 1 aliphatic heterocycles. The smallest absolute Gasteiger partial charge is 0.233 e. The number of amides is 2. The van der Waals surface area contributed by atoms with E-state index in [-0.39, 0.29) is 12.3 Å². The normalized spacial score (nSPS) is 12.0. The lowest BCUT2D eigenvalue weighted by Gasteiger charge is -2.19. The molecule has 0 bridgehead atoms. The van der Waals surface area contributed by atoms with Gasteiger partial charge in [0.15, 0.2) is 11.5 Å². The second kappa shape index (κ2) is 9.50. The lowest BCUT2D eigenvalue weighted by atomic mass is 10.2. The highest BCUT2D eigenvalue weighted by Crippen LogP contribution is 2.32. The number of hydrogen-bond acceptors (Lipinski definition) is 6. The number of carbonyl (C=O) groups excluding carboxylic acids is 2. The SMILES string of the molecule is COc1ccc(OCCNC(=O)CC(=O)Nc2ccc3c(c2)OCCO3)cc1. The van der Waals surface area contributed by atoms with Crippen LogP contribution in [0, 0.1) is 0 Å². The van der Waals surface area contributed by atoms with Crippen LogP contribution in [0.25, 0.3) is 0 Å². The Morgan fingerprint density at radius 2 is 1.68 bits per heavy atom. The van der Waals surface area contributed by atoms with Gasteiger partial charge in [-0.1, -0.05) is 0 Å². The van der Waals surface area contributed by atoms with Gasteiger partial charge in [-0.05, 0) is 36.4 Å². The van der Waals surface area contributed by atoms with Gasteiger partial charge in [0.2, 0.25) is 11.8 Å². The molecule has 148 valence electrons. The number of anilines is 1. The van der Waals surface area contributed by atoms with Crippen molar-refractivity contribution in [1.29, 1.82) is 0 Å². The van der Waals surface area contributed by atoms with Gasteiger partial charge in [0.25, 0.3) is 0 Å². The third-order valence-corrected chi connectivity index (χ3v) is 3.90. The summed E-state index contributed by atoms with van der Waals surface area (Å²) in [6.07, 6.45) is -0.281. The van der Waals surface area contributed by atoms with E-state index in [4.69, 9.17) is 18.9 Å². The molecule has 0 saturated heterocycles. The first-order valence-electron chi connectivity index (χ1n) is 8.87. The molecule has 28 heavy (non-hydrogen) atoms. The number of nitrogens with one attached hydrogen (secondary N) is 2. The molecule has 2 aromatic rings. The van der Waals surface area contributed by atoms with Crippen LogP contribution in [0.4, 0.5) is 5.69 Å². The highest BCUT2D eigenvalue weighted by molar-refractivity contribution is 6.03. The third-order valence-electron chi connectivity index (χ3n) is 3.90. The van der Waals surface area contributed by atoms with Crippen LogP contribution in [0.3, 0.4) is 0 Å². The summed E-state index contributed by atoms with van der Waals surface area (Å²) in [4.78, 5) is 23.9. The monoisotopic (exact) mass is 386 g/mol. The first kappa shape index (κ1) is 19.3. The Hall–Kier alpha value is -3.42. The molecule has 0 unspecified atom stereocenters. The number of carbonyl (C=O) groups is 2. The van der Waals surface area contributed by atoms with Gasteiger partial charge in [0, 0.05) is 11.8 Å². The van der Waals surface area contributed by atoms with E-state index in [1.165, 1.54) is 0 Å². The zero-order valence-corrected chi connectivity index (χ0v) is 15.5. The fraction of sp³-hybridized carbons (Fsp3) is 0.300. The van der Waals surface area contributed by atoms with Crippen molar-refractivity contribution in [3.8, 4) is 23.0 Å². The zero-order valence-electron chi connectivity index (χ0n) is 15.5. The van der Waals surface area contributed by atoms with Crippen molar-refractivity contribution >= 4 is 17.5 Å². The lowest BCUT2D eigenvalue weighted by Crippen LogP contribution is -2.31. The average molecular weight is 386 g/mol. The third kappa shape index (κ3) is 5.54. The Morgan fingerprint density at radius 3 is 2.43 bits per heavy atom. The zero-order chi connectivity index (χ0) is 19.8. The molecule has 0 spiro atoms. The Bertz CT molecular complexity index is 822. The molecule has 0 saturated carbocycles. The molecule has 2 N–H and O–H groups in total. The molecule has 8 heteroatoms. The van der Waals surface area contributed by atoms with E-state index in [1.54, 1.807) is 49.6 Å². The van der Waals surface area contributed by atoms with Crippen LogP contribution in [0.1, 0.15) is 6.42 Å². The number of benzene rings is 2. The highest BCUT2D eigenvalue weighted by atomic mass is 16.6. The van der Waals surface area contributed by atoms with Gasteiger partial charge in [-0.25, -0.2) is 0 Å². The van der Waals surface area contributed by atoms with Crippen LogP contribution in [0.2, 0.25) is 0 Å². The number of methoxy groups -OCH3 is 1. The first-order valence-corrected chi connectivity index (χ1v) is 8.87. The van der Waals surface area contributed by atoms with E-state index in [0.717, 1.165) is 5.75 Å². The molecule has 2 amide bonds. The van der Waals surface area contributed by atoms with Crippen molar-refractivity contribution in [3.05, 3.63) is 42.5 Å². The molecule has 3 rings (SSSR count). The van der Waals surface area contributed by atoms with Crippen molar-refractivity contribution in [3.63, 3.8) is 0 Å². The second-order valence-corrected chi connectivity index (χ2v) is 5.96. The topological polar surface area (TPSA) is 95.1 Å². The summed E-state index contributed by atoms with van der Waals surface area (Å²) in [6.45, 7) is 1.55. The number of fused-ring (bicyclic) bond motifs is 1. The van der Waals surface area contributed by atoms with Crippen molar-refractivity contribution in [1.82, 2.24) is 5.32 Å². The van der Waals surface area contributed by atoms with E-state index in [1.807, 2.05) is 0 Å². The Balaban J connectivity index is 1.36. The molecular formula is C20H22N2O6. The highest BCUT2D eigenvalue weighted by Gasteiger charge is 2.14. The van der Waals surface area contributed by atoms with Gasteiger partial charge in [-0.2, -0.15) is 0 Å². The van der Waals surface area contributed by atoms with E-state index >= 15 is 0 Å². The summed E-state index contributed by atoms with van der Waals surface area (Å²) in [6, 6.07) is 12.2. The van der Waals surface area contributed by atoms with Gasteiger partial charge >= 0.3 is 0 Å². The average Bonchev–Trinajstić information content (AvgIpc) is 2.71. The largest absolute Gasteiger partial charge is 0.497 e. The van der Waals surface area contributed by atoms with Gasteiger partial charge in [-0.15, -0.1) is 0 Å². The predicted molar refractivity (Wildman–Crippen MR) is 102 cm³/mol. The van der Waals surface area contributed by atoms with Gasteiger partial charge in [-0.3, -0.25) is 9.59 Å². The van der Waals surface area contributed by atoms with Crippen molar-refractivity contribution in [2.75, 3.05) is 38.8 Å². The van der Waals surface area contributed by atoms with E-state index in [0.29, 0.717) is 49.3 Å². The molecule has 1 aliphatic rings. The van der Waals surface area contributed by atoms with Crippen LogP contribution in [-0.2, 0) is 9.59 Å². The summed E-state index contributed by atoms with van der Waals surface area (Å²) in [5, 5.41) is 5.32. The molecule has 0 fully saturated rings. The second-order valence-electron chi connectivity index (χ2n) is 5.96. The summed E-state index contributed by atoms with van der Waals surface area (Å²) in [7, 11) is 1.59. The first-order chi connectivity index (χ1) is 13.6. The lowest BCUT2D eigenvalue weighted by molar-refractivity contribution is -0.126. The van der Waals surface area contributed by atoms with Gasteiger partial charge in [0.1, 0.15) is 37.7 Å². The summed E-state index contributed by atoms with van der Waals surface area (Å²) < 4.78 is 21.5. The molecule has 0 aromatic heterocycles. The minimum absolute atomic E-state index is 0.281. The minimum Gasteiger partial charge on any atom is -0.497 e. The minimum atomic E-state index is -0.412. The Kier molecular flexibility index (Phi) is 6.56. The predicted octanol–water partition coefficient (Wildman–Crippen LogP) is 1.99. The maximum Gasteiger partial charge on any atom is 0.233 e. The maximum absolute atomic E-state index is 12.0. The number of ether oxygens (including phenoxy) is 4. The molecule has 8 nitrogen and oxygen atoms in total. The van der Waals surface area contributed by atoms with Crippen molar-refractivity contribution < 1.29 is 28.5 Å². The standard InChI is InChI=1S/C20H22N2O6/c1-25-15-3-5-16(6-4-15)26-9-8-21-19(23)13-20(24)22-14-2-7-17-18(12-14)28-11-10-27-17/h2-7,12H,8-11,13H2,1H3,(H,21,23)(H,22,24). The molecule has 0 radical (unpaired) electrons. The number of hydrogen-bond donors (Lipinski definition) is 2. The Morgan fingerprint density at radius 1 is 0.964 bits per heavy atom. The summed E-state index contributed by atoms with van der Waals surface area (Å²) in [5.74, 6) is 1.83. The van der Waals surface area contributed by atoms with Crippen LogP contribution in [0.15, 0.2) is 42.5 Å². The van der Waals surface area contributed by atoms with Gasteiger partial charge in [0.05, 0.1) is 13.7 Å². The molecule has 0 atom stereocenters. The fourth-order valence-corrected chi connectivity index (χ4v) is 2.57. The van der Waals surface area contributed by atoms with Crippen LogP contribution in [-0.4, -0.2) is 45.3 Å². The Labute approximate surface area is 162 Å². The molecule has 1 heterocycles. The van der Waals surface area contributed by atoms with E-state index < -0.39 is 5.91 Å². The van der Waals surface area contributed by atoms with Gasteiger partial charge < -0.3 is 29.6 Å². The molecule has 0 aliphatic carbocycles. The molecule has 2 aromatic carbocycles.